The maximum absolute atomic E-state index is 13.4. The average Bonchev–Trinajstić information content (AvgIpc) is 2.87. The molecule has 0 saturated carbocycles. The van der Waals surface area contributed by atoms with Crippen molar-refractivity contribution in [1.29, 1.82) is 0 Å². The number of hydrazine groups is 1. The number of benzene rings is 1. The van der Waals surface area contributed by atoms with Crippen LogP contribution in [0, 0.1) is 5.82 Å². The molecule has 0 aliphatic heterocycles. The van der Waals surface area contributed by atoms with Gasteiger partial charge in [-0.1, -0.05) is 17.7 Å². The molecule has 0 aliphatic carbocycles. The maximum atomic E-state index is 13.4. The van der Waals surface area contributed by atoms with Crippen LogP contribution in [-0.4, -0.2) is 0 Å². The molecule has 2 nitrogen and oxygen atoms in total. The molecule has 0 saturated heterocycles. The number of thiophene rings is 1. The third-order valence-corrected chi connectivity index (χ3v) is 3.89. The molecule has 1 heterocycles. The quantitative estimate of drug-likeness (QED) is 0.649. The minimum absolute atomic E-state index is 0.0725. The zero-order valence-corrected chi connectivity index (χ0v) is 11.3. The molecule has 3 N–H and O–H groups in total. The minimum atomic E-state index is -0.412. The van der Waals surface area contributed by atoms with Crippen LogP contribution in [0.3, 0.4) is 0 Å². The van der Waals surface area contributed by atoms with E-state index in [0.717, 1.165) is 18.4 Å². The highest BCUT2D eigenvalue weighted by Gasteiger charge is 2.12. The molecule has 0 radical (unpaired) electrons. The fourth-order valence-electron chi connectivity index (χ4n) is 1.82. The van der Waals surface area contributed by atoms with Gasteiger partial charge in [-0.25, -0.2) is 4.39 Å². The predicted octanol–water partition coefficient (Wildman–Crippen LogP) is 3.68. The molecular weight excluding hydrogens is 271 g/mol. The van der Waals surface area contributed by atoms with Gasteiger partial charge in [0.1, 0.15) is 5.82 Å². The SMILES string of the molecule is NNC(CCc1ccsc1)c1ccc(Cl)c(F)c1. The molecule has 1 unspecified atom stereocenters. The summed E-state index contributed by atoms with van der Waals surface area (Å²) < 4.78 is 13.4. The summed E-state index contributed by atoms with van der Waals surface area (Å²) >= 11 is 7.33. The molecule has 96 valence electrons. The Morgan fingerprint density at radius 2 is 2.22 bits per heavy atom. The van der Waals surface area contributed by atoms with Gasteiger partial charge in [-0.2, -0.15) is 11.3 Å². The van der Waals surface area contributed by atoms with Gasteiger partial charge < -0.3 is 0 Å². The fourth-order valence-corrected chi connectivity index (χ4v) is 2.64. The van der Waals surface area contributed by atoms with Crippen LogP contribution in [0.5, 0.6) is 0 Å². The first-order chi connectivity index (χ1) is 8.70. The van der Waals surface area contributed by atoms with E-state index in [9.17, 15) is 4.39 Å². The molecule has 5 heteroatoms. The monoisotopic (exact) mass is 284 g/mol. The lowest BCUT2D eigenvalue weighted by Gasteiger charge is -2.16. The summed E-state index contributed by atoms with van der Waals surface area (Å²) in [6.07, 6.45) is 1.72. The van der Waals surface area contributed by atoms with Crippen molar-refractivity contribution in [3.63, 3.8) is 0 Å². The number of hydrogen-bond acceptors (Lipinski definition) is 3. The van der Waals surface area contributed by atoms with E-state index in [4.69, 9.17) is 17.4 Å². The Bertz CT molecular complexity index is 502. The average molecular weight is 285 g/mol. The Kier molecular flexibility index (Phi) is 4.72. The summed E-state index contributed by atoms with van der Waals surface area (Å²) in [7, 11) is 0. The standard InChI is InChI=1S/C13H14ClFN2S/c14-11-3-2-10(7-12(11)15)13(17-16)4-1-9-5-6-18-8-9/h2-3,5-8,13,17H,1,4,16H2. The molecule has 1 aromatic heterocycles. The number of rotatable bonds is 5. The van der Waals surface area contributed by atoms with Gasteiger partial charge in [0.05, 0.1) is 5.02 Å². The number of nitrogens with two attached hydrogens (primary N) is 1. The molecular formula is C13H14ClFN2S. The molecule has 0 aliphatic rings. The first kappa shape index (κ1) is 13.5. The number of halogens is 2. The van der Waals surface area contributed by atoms with E-state index in [2.05, 4.69) is 16.9 Å². The normalized spacial score (nSPS) is 12.6. The summed E-state index contributed by atoms with van der Waals surface area (Å²) in [5.74, 6) is 5.12. The Morgan fingerprint density at radius 3 is 2.83 bits per heavy atom. The molecule has 0 fully saturated rings. The highest BCUT2D eigenvalue weighted by atomic mass is 35.5. The zero-order valence-electron chi connectivity index (χ0n) is 9.70. The lowest BCUT2D eigenvalue weighted by Crippen LogP contribution is -2.28. The number of aryl methyl sites for hydroxylation is 1. The van der Waals surface area contributed by atoms with E-state index >= 15 is 0 Å². The lowest BCUT2D eigenvalue weighted by molar-refractivity contribution is 0.512. The van der Waals surface area contributed by atoms with E-state index in [1.165, 1.54) is 11.6 Å². The predicted molar refractivity (Wildman–Crippen MR) is 74.1 cm³/mol. The molecule has 2 rings (SSSR count). The van der Waals surface area contributed by atoms with Crippen molar-refractivity contribution in [1.82, 2.24) is 5.43 Å². The van der Waals surface area contributed by atoms with E-state index in [-0.39, 0.29) is 11.1 Å². The van der Waals surface area contributed by atoms with E-state index < -0.39 is 5.82 Å². The second kappa shape index (κ2) is 6.29. The maximum Gasteiger partial charge on any atom is 0.142 e. The topological polar surface area (TPSA) is 38.0 Å². The first-order valence-electron chi connectivity index (χ1n) is 5.63. The van der Waals surface area contributed by atoms with Crippen LogP contribution in [0.2, 0.25) is 5.02 Å². The molecule has 1 atom stereocenters. The summed E-state index contributed by atoms with van der Waals surface area (Å²) in [6.45, 7) is 0. The van der Waals surface area contributed by atoms with E-state index in [0.29, 0.717) is 0 Å². The van der Waals surface area contributed by atoms with Crippen LogP contribution in [0.15, 0.2) is 35.0 Å². The molecule has 0 amide bonds. The minimum Gasteiger partial charge on any atom is -0.271 e. The van der Waals surface area contributed by atoms with Crippen molar-refractivity contribution in [3.8, 4) is 0 Å². The van der Waals surface area contributed by atoms with Gasteiger partial charge in [-0.3, -0.25) is 11.3 Å². The van der Waals surface area contributed by atoms with Crippen molar-refractivity contribution in [2.24, 2.45) is 5.84 Å². The van der Waals surface area contributed by atoms with Gasteiger partial charge in [0.2, 0.25) is 0 Å². The fraction of sp³-hybridized carbons (Fsp3) is 0.231. The second-order valence-electron chi connectivity index (χ2n) is 4.06. The number of hydrogen-bond donors (Lipinski definition) is 2. The van der Waals surface area contributed by atoms with Gasteiger partial charge >= 0.3 is 0 Å². The van der Waals surface area contributed by atoms with E-state index in [1.807, 2.05) is 5.38 Å². The first-order valence-corrected chi connectivity index (χ1v) is 6.95. The molecule has 0 bridgehead atoms. The van der Waals surface area contributed by atoms with Crippen LogP contribution in [0.4, 0.5) is 4.39 Å². The molecule has 18 heavy (non-hydrogen) atoms. The third-order valence-electron chi connectivity index (χ3n) is 2.85. The third kappa shape index (κ3) is 3.29. The van der Waals surface area contributed by atoms with Crippen molar-refractivity contribution < 1.29 is 4.39 Å². The smallest absolute Gasteiger partial charge is 0.142 e. The van der Waals surface area contributed by atoms with Crippen molar-refractivity contribution in [2.75, 3.05) is 0 Å². The van der Waals surface area contributed by atoms with Crippen LogP contribution in [-0.2, 0) is 6.42 Å². The largest absolute Gasteiger partial charge is 0.271 e. The van der Waals surface area contributed by atoms with Gasteiger partial charge in [-0.15, -0.1) is 0 Å². The molecule has 2 aromatic rings. The summed E-state index contributed by atoms with van der Waals surface area (Å²) in [5, 5.41) is 4.28. The lowest BCUT2D eigenvalue weighted by atomic mass is 10.0. The highest BCUT2D eigenvalue weighted by molar-refractivity contribution is 7.07. The van der Waals surface area contributed by atoms with Gasteiger partial charge in [-0.05, 0) is 52.9 Å². The van der Waals surface area contributed by atoms with Crippen LogP contribution in [0.25, 0.3) is 0 Å². The summed E-state index contributed by atoms with van der Waals surface area (Å²) in [6, 6.07) is 6.79. The second-order valence-corrected chi connectivity index (χ2v) is 5.25. The molecule has 0 spiro atoms. The van der Waals surface area contributed by atoms with E-state index in [1.54, 1.807) is 23.5 Å². The van der Waals surface area contributed by atoms with Crippen LogP contribution >= 0.6 is 22.9 Å². The zero-order chi connectivity index (χ0) is 13.0. The van der Waals surface area contributed by atoms with Crippen LogP contribution < -0.4 is 11.3 Å². The van der Waals surface area contributed by atoms with Crippen LogP contribution in [0.1, 0.15) is 23.6 Å². The van der Waals surface area contributed by atoms with Gasteiger partial charge in [0, 0.05) is 6.04 Å². The Hall–Kier alpha value is -0.940. The highest BCUT2D eigenvalue weighted by Crippen LogP contribution is 2.23. The van der Waals surface area contributed by atoms with Gasteiger partial charge in [0.15, 0.2) is 0 Å². The van der Waals surface area contributed by atoms with Crippen molar-refractivity contribution in [3.05, 3.63) is 57.0 Å². The van der Waals surface area contributed by atoms with Crippen molar-refractivity contribution in [2.45, 2.75) is 18.9 Å². The Balaban J connectivity index is 2.05. The Labute approximate surface area is 115 Å². The van der Waals surface area contributed by atoms with Gasteiger partial charge in [0.25, 0.3) is 0 Å². The molecule has 1 aromatic carbocycles. The Morgan fingerprint density at radius 1 is 1.39 bits per heavy atom. The van der Waals surface area contributed by atoms with Crippen molar-refractivity contribution >= 4 is 22.9 Å². The summed E-state index contributed by atoms with van der Waals surface area (Å²) in [4.78, 5) is 0. The summed E-state index contributed by atoms with van der Waals surface area (Å²) in [5.41, 5.74) is 4.81. The number of nitrogens with one attached hydrogen (secondary N) is 1.